The molecule has 0 aliphatic carbocycles. The minimum Gasteiger partial charge on any atom is -1.00 e. The second-order valence-corrected chi connectivity index (χ2v) is 0.848. The molecule has 0 amide bonds. The monoisotopic (exact) mass is 421 g/mol. The first-order valence-electron chi connectivity index (χ1n) is 0.651. The Kier molecular flexibility index (Phi) is 51.2. The van der Waals surface area contributed by atoms with Crippen LogP contribution in [0.2, 0.25) is 0 Å². The molecule has 0 aliphatic heterocycles. The Hall–Kier alpha value is 2.47. The molecule has 0 unspecified atom stereocenters. The van der Waals surface area contributed by atoms with Gasteiger partial charge in [0.15, 0.2) is 0 Å². The van der Waals surface area contributed by atoms with Crippen LogP contribution < -0.4 is 0 Å². The first-order valence-corrected chi connectivity index (χ1v) is 1.95. The summed E-state index contributed by atoms with van der Waals surface area (Å²) in [7, 11) is -3.13. The minimum atomic E-state index is -3.13. The Labute approximate surface area is 112 Å². The third kappa shape index (κ3) is 58.0. The van der Waals surface area contributed by atoms with Crippen molar-refractivity contribution in [3.63, 3.8) is 0 Å². The zero-order valence-corrected chi connectivity index (χ0v) is 10.6. The maximum absolute atomic E-state index is 8.74. The van der Waals surface area contributed by atoms with E-state index < -0.39 is 9.17 Å². The van der Waals surface area contributed by atoms with Gasteiger partial charge in [0, 0.05) is 22.4 Å². The molecule has 7 heavy (non-hydrogen) atoms. The van der Waals surface area contributed by atoms with Crippen LogP contribution >= 0.6 is 0 Å². The van der Waals surface area contributed by atoms with E-state index in [4.69, 9.17) is 14.1 Å². The standard InChI is InChI=1S/Ga.H2O3Si.Sr.Ta.5H/c;1-4(2)3;;;;;;;/h;1-2H;;;;;;;/q;;+2;;;;;2*-1. The maximum atomic E-state index is 8.74. The fraction of sp³-hybridized carbons (Fsp3) is 0. The Morgan fingerprint density at radius 3 is 1.43 bits per heavy atom. The van der Waals surface area contributed by atoms with Crippen LogP contribution in [0.4, 0.5) is 0 Å². The molecule has 1 radical (unpaired) electrons. The van der Waals surface area contributed by atoms with E-state index in [9.17, 15) is 0 Å². The Balaban J connectivity index is -0.00000000450. The van der Waals surface area contributed by atoms with Gasteiger partial charge in [-0.25, -0.2) is 0 Å². The van der Waals surface area contributed by atoms with E-state index in [1.165, 1.54) is 0 Å². The van der Waals surface area contributed by atoms with Gasteiger partial charge in [0.05, 0.1) is 0 Å². The van der Waals surface area contributed by atoms with Gasteiger partial charge in [0.1, 0.15) is 0 Å². The summed E-state index contributed by atoms with van der Waals surface area (Å²) >= 11 is 0. The molecule has 0 aromatic heterocycles. The van der Waals surface area contributed by atoms with Crippen LogP contribution in [0.5, 0.6) is 0 Å². The molecule has 0 atom stereocenters. The molecule has 0 rings (SSSR count). The Morgan fingerprint density at radius 1 is 1.43 bits per heavy atom. The Bertz CT molecular complexity index is 44.8. The summed E-state index contributed by atoms with van der Waals surface area (Å²) in [5, 5.41) is 0. The van der Waals surface area contributed by atoms with Crippen LogP contribution in [0, 0.1) is 0 Å². The van der Waals surface area contributed by atoms with E-state index in [0.717, 1.165) is 0 Å². The van der Waals surface area contributed by atoms with E-state index in [2.05, 4.69) is 0 Å². The summed E-state index contributed by atoms with van der Waals surface area (Å²) in [6, 6.07) is 0. The fourth-order valence-electron chi connectivity index (χ4n) is 0. The van der Waals surface area contributed by atoms with E-state index in [0.29, 0.717) is 0 Å². The van der Waals surface area contributed by atoms with Crippen molar-refractivity contribution in [1.29, 1.82) is 0 Å². The smallest absolute Gasteiger partial charge is 1.00 e. The molecule has 0 fully saturated rings. The van der Waals surface area contributed by atoms with Gasteiger partial charge >= 0.3 is 74.4 Å². The molecule has 2 N–H and O–H groups in total. The third-order valence-electron chi connectivity index (χ3n) is 0. The van der Waals surface area contributed by atoms with Crippen molar-refractivity contribution < 1.29 is 39.3 Å². The van der Waals surface area contributed by atoms with Gasteiger partial charge in [-0.05, 0) is 0 Å². The first kappa shape index (κ1) is 22.7. The number of rotatable bonds is 0. The van der Waals surface area contributed by atoms with Crippen LogP contribution in [-0.4, -0.2) is 84.0 Å². The summed E-state index contributed by atoms with van der Waals surface area (Å²) in [6.07, 6.45) is 0. The van der Waals surface area contributed by atoms with Crippen LogP contribution in [0.1, 0.15) is 2.85 Å². The zero-order chi connectivity index (χ0) is 3.58. The summed E-state index contributed by atoms with van der Waals surface area (Å²) in [5.41, 5.74) is 0. The van der Waals surface area contributed by atoms with Crippen molar-refractivity contribution >= 4 is 74.4 Å². The average Bonchev–Trinajstić information content (AvgIpc) is 0.811. The Morgan fingerprint density at radius 2 is 1.43 bits per heavy atom. The second kappa shape index (κ2) is 15.8. The van der Waals surface area contributed by atoms with Crippen molar-refractivity contribution in [3.8, 4) is 0 Å². The normalized spacial score (nSPS) is 3.43. The molecule has 0 saturated heterocycles. The fourth-order valence-corrected chi connectivity index (χ4v) is 0. The van der Waals surface area contributed by atoms with Gasteiger partial charge in [0.2, 0.25) is 0 Å². The first-order chi connectivity index (χ1) is 1.73. The van der Waals surface area contributed by atoms with Gasteiger partial charge in [0.25, 0.3) is 0 Å². The molecule has 0 saturated carbocycles. The molecule has 7 heteroatoms. The quantitative estimate of drug-likeness (QED) is 0.411. The number of hydrogen-bond donors (Lipinski definition) is 2. The van der Waals surface area contributed by atoms with Crippen molar-refractivity contribution in [2.45, 2.75) is 0 Å². The molecule has 0 spiro atoms. The predicted octanol–water partition coefficient (Wildman–Crippen LogP) is -2.96. The maximum Gasteiger partial charge on any atom is 2.00 e. The minimum absolute atomic E-state index is 0. The van der Waals surface area contributed by atoms with Gasteiger partial charge < -0.3 is 12.4 Å². The average molecular weight is 421 g/mol. The largest absolute Gasteiger partial charge is 2.00 e. The van der Waals surface area contributed by atoms with Crippen LogP contribution in [0.15, 0.2) is 0 Å². The SMILES string of the molecule is O=[Si](O)O.[GaH3].[H-].[H-].[Sr+2].[Ta]. The molecule has 0 bridgehead atoms. The summed E-state index contributed by atoms with van der Waals surface area (Å²) < 4.78 is 8.74. The molecule has 0 aliphatic rings. The van der Waals surface area contributed by atoms with E-state index >= 15 is 0 Å². The molecule has 0 heterocycles. The van der Waals surface area contributed by atoms with Gasteiger partial charge in [-0.1, -0.05) is 0 Å². The third-order valence-corrected chi connectivity index (χ3v) is 0. The topological polar surface area (TPSA) is 57.5 Å². The van der Waals surface area contributed by atoms with Crippen molar-refractivity contribution in [2.75, 3.05) is 0 Å². The van der Waals surface area contributed by atoms with Crippen molar-refractivity contribution in [2.24, 2.45) is 0 Å². The summed E-state index contributed by atoms with van der Waals surface area (Å²) in [6.45, 7) is 0. The molecule has 0 aromatic rings. The molecule has 3 nitrogen and oxygen atoms in total. The van der Waals surface area contributed by atoms with E-state index in [1.54, 1.807) is 0 Å². The predicted molar refractivity (Wildman–Crippen MR) is 28.8 cm³/mol. The van der Waals surface area contributed by atoms with Gasteiger partial charge in [-0.2, -0.15) is 0 Å². The van der Waals surface area contributed by atoms with Crippen molar-refractivity contribution in [3.05, 3.63) is 0 Å². The molecule has 0 aromatic carbocycles. The van der Waals surface area contributed by atoms with E-state index in [1.807, 2.05) is 0 Å². The van der Waals surface area contributed by atoms with Crippen LogP contribution in [-0.2, 0) is 26.8 Å². The molecular formula is H7GaO3SiSrTa. The summed E-state index contributed by atoms with van der Waals surface area (Å²) in [4.78, 5) is 14.3. The second-order valence-electron chi connectivity index (χ2n) is 0.283. The number of hydrogen-bond acceptors (Lipinski definition) is 1. The van der Waals surface area contributed by atoms with Crippen molar-refractivity contribution in [1.82, 2.24) is 0 Å². The molecule has 39 valence electrons. The van der Waals surface area contributed by atoms with E-state index in [-0.39, 0.29) is 90.5 Å². The zero-order valence-electron chi connectivity index (χ0n) is 4.96. The molecular weight excluding hydrogens is 414 g/mol. The van der Waals surface area contributed by atoms with Crippen LogP contribution in [0.25, 0.3) is 0 Å². The van der Waals surface area contributed by atoms with Gasteiger partial charge in [-0.3, -0.25) is 4.46 Å². The van der Waals surface area contributed by atoms with Crippen LogP contribution in [0.3, 0.4) is 0 Å². The summed E-state index contributed by atoms with van der Waals surface area (Å²) in [5.74, 6) is 0. The van der Waals surface area contributed by atoms with Gasteiger partial charge in [-0.15, -0.1) is 0 Å².